The Hall–Kier alpha value is -2.18. The summed E-state index contributed by atoms with van der Waals surface area (Å²) in [6.07, 6.45) is 2.30. The lowest BCUT2D eigenvalue weighted by Gasteiger charge is -2.44. The maximum Gasteiger partial charge on any atom is 0.142 e. The Labute approximate surface area is 171 Å². The summed E-state index contributed by atoms with van der Waals surface area (Å²) in [7, 11) is 1.72. The molecule has 0 unspecified atom stereocenters. The number of piperazine rings is 1. The van der Waals surface area contributed by atoms with Gasteiger partial charge in [0.15, 0.2) is 0 Å². The molecule has 2 fully saturated rings. The summed E-state index contributed by atoms with van der Waals surface area (Å²) in [6, 6.07) is 12.5. The normalized spacial score (nSPS) is 21.3. The molecule has 2 aliphatic heterocycles. The van der Waals surface area contributed by atoms with Gasteiger partial charge in [-0.2, -0.15) is 0 Å². The molecule has 29 heavy (non-hydrogen) atoms. The van der Waals surface area contributed by atoms with E-state index in [9.17, 15) is 8.78 Å². The largest absolute Gasteiger partial charge is 0.495 e. The minimum absolute atomic E-state index is 0.499. The second-order valence-corrected chi connectivity index (χ2v) is 8.00. The number of methoxy groups -OCH3 is 1. The summed E-state index contributed by atoms with van der Waals surface area (Å²) in [5, 5.41) is 0. The fourth-order valence-electron chi connectivity index (χ4n) is 4.65. The molecular weight excluding hydrogens is 372 g/mol. The molecule has 0 aliphatic carbocycles. The van der Waals surface area contributed by atoms with E-state index >= 15 is 0 Å². The lowest BCUT2D eigenvalue weighted by atomic mass is 10.0. The zero-order valence-electron chi connectivity index (χ0n) is 17.0. The van der Waals surface area contributed by atoms with E-state index in [0.717, 1.165) is 63.2 Å². The smallest absolute Gasteiger partial charge is 0.142 e. The fraction of sp³-hybridized carbons (Fsp3) is 0.478. The predicted octanol–water partition coefficient (Wildman–Crippen LogP) is 3.76. The van der Waals surface area contributed by atoms with E-state index in [1.54, 1.807) is 7.11 Å². The van der Waals surface area contributed by atoms with Crippen molar-refractivity contribution in [2.75, 3.05) is 51.3 Å². The zero-order valence-corrected chi connectivity index (χ0v) is 17.0. The van der Waals surface area contributed by atoms with Crippen LogP contribution in [-0.2, 0) is 6.54 Å². The van der Waals surface area contributed by atoms with Gasteiger partial charge >= 0.3 is 0 Å². The van der Waals surface area contributed by atoms with Gasteiger partial charge in [-0.05, 0) is 49.2 Å². The molecule has 2 aliphatic rings. The molecule has 0 saturated carbocycles. The number of halogens is 2. The third-order valence-electron chi connectivity index (χ3n) is 6.07. The summed E-state index contributed by atoms with van der Waals surface area (Å²) >= 11 is 0. The number of rotatable bonds is 5. The van der Waals surface area contributed by atoms with Crippen molar-refractivity contribution in [1.29, 1.82) is 0 Å². The van der Waals surface area contributed by atoms with Crippen molar-refractivity contribution < 1.29 is 13.5 Å². The second kappa shape index (κ2) is 9.09. The van der Waals surface area contributed by atoms with Crippen LogP contribution >= 0.6 is 0 Å². The molecule has 1 atom stereocenters. The van der Waals surface area contributed by atoms with Gasteiger partial charge in [0.25, 0.3) is 0 Å². The Morgan fingerprint density at radius 3 is 2.41 bits per heavy atom. The molecule has 6 heteroatoms. The maximum absolute atomic E-state index is 13.5. The number of anilines is 1. The van der Waals surface area contributed by atoms with Crippen LogP contribution in [0.2, 0.25) is 0 Å². The van der Waals surface area contributed by atoms with E-state index in [1.807, 2.05) is 12.1 Å². The maximum atomic E-state index is 13.5. The number of hydrogen-bond donors (Lipinski definition) is 0. The third kappa shape index (κ3) is 4.87. The van der Waals surface area contributed by atoms with Crippen LogP contribution in [-0.4, -0.2) is 62.2 Å². The summed E-state index contributed by atoms with van der Waals surface area (Å²) in [4.78, 5) is 7.30. The van der Waals surface area contributed by atoms with Gasteiger partial charge in [-0.1, -0.05) is 12.1 Å². The minimum Gasteiger partial charge on any atom is -0.495 e. The Balaban J connectivity index is 1.34. The number of nitrogens with zero attached hydrogens (tertiary/aromatic N) is 3. The lowest BCUT2D eigenvalue weighted by Crippen LogP contribution is -2.55. The molecule has 2 saturated heterocycles. The van der Waals surface area contributed by atoms with Gasteiger partial charge in [0.2, 0.25) is 0 Å². The van der Waals surface area contributed by atoms with Crippen molar-refractivity contribution >= 4 is 5.69 Å². The monoisotopic (exact) mass is 401 g/mol. The first-order chi connectivity index (χ1) is 14.1. The first-order valence-corrected chi connectivity index (χ1v) is 10.4. The van der Waals surface area contributed by atoms with Crippen LogP contribution < -0.4 is 9.64 Å². The van der Waals surface area contributed by atoms with E-state index in [-0.39, 0.29) is 0 Å². The SMILES string of the molecule is COc1ccccc1N1CCN([C@@H]2CCCN(Cc3cc(F)cc(F)c3)C2)CC1. The van der Waals surface area contributed by atoms with Gasteiger partial charge in [0.05, 0.1) is 12.8 Å². The van der Waals surface area contributed by atoms with E-state index in [1.165, 1.54) is 18.6 Å². The molecule has 0 amide bonds. The Bertz CT molecular complexity index is 803. The molecule has 2 aromatic rings. The highest BCUT2D eigenvalue weighted by Crippen LogP contribution is 2.29. The molecular formula is C23H29F2N3O. The standard InChI is InChI=1S/C23H29F2N3O/c1-29-23-7-3-2-6-22(23)28-11-9-27(10-12-28)21-5-4-8-26(17-21)16-18-13-19(24)15-20(25)14-18/h2-3,6-7,13-15,21H,4-5,8-12,16-17H2,1H3/t21-/m1/s1. The van der Waals surface area contributed by atoms with Crippen LogP contribution in [0.5, 0.6) is 5.75 Å². The Morgan fingerprint density at radius 2 is 1.69 bits per heavy atom. The van der Waals surface area contributed by atoms with E-state index in [2.05, 4.69) is 26.8 Å². The molecule has 0 bridgehead atoms. The second-order valence-electron chi connectivity index (χ2n) is 8.00. The van der Waals surface area contributed by atoms with Gasteiger partial charge in [0, 0.05) is 51.4 Å². The van der Waals surface area contributed by atoms with Gasteiger partial charge in [0.1, 0.15) is 17.4 Å². The molecule has 0 aromatic heterocycles. The van der Waals surface area contributed by atoms with Crippen LogP contribution in [0.25, 0.3) is 0 Å². The van der Waals surface area contributed by atoms with Gasteiger partial charge in [-0.15, -0.1) is 0 Å². The Morgan fingerprint density at radius 1 is 0.966 bits per heavy atom. The number of hydrogen-bond acceptors (Lipinski definition) is 4. The highest BCUT2D eigenvalue weighted by molar-refractivity contribution is 5.58. The van der Waals surface area contributed by atoms with Crippen LogP contribution in [0.15, 0.2) is 42.5 Å². The first-order valence-electron chi connectivity index (χ1n) is 10.4. The molecule has 4 nitrogen and oxygen atoms in total. The van der Waals surface area contributed by atoms with Gasteiger partial charge in [-0.25, -0.2) is 8.78 Å². The molecule has 0 spiro atoms. The van der Waals surface area contributed by atoms with Crippen molar-refractivity contribution in [1.82, 2.24) is 9.80 Å². The minimum atomic E-state index is -0.499. The molecule has 2 aromatic carbocycles. The van der Waals surface area contributed by atoms with E-state index in [4.69, 9.17) is 4.74 Å². The van der Waals surface area contributed by atoms with Crippen molar-refractivity contribution in [3.8, 4) is 5.75 Å². The topological polar surface area (TPSA) is 19.0 Å². The third-order valence-corrected chi connectivity index (χ3v) is 6.07. The van der Waals surface area contributed by atoms with Crippen molar-refractivity contribution in [2.24, 2.45) is 0 Å². The molecule has 156 valence electrons. The fourth-order valence-corrected chi connectivity index (χ4v) is 4.65. The average Bonchev–Trinajstić information content (AvgIpc) is 2.73. The van der Waals surface area contributed by atoms with Crippen LogP contribution in [0, 0.1) is 11.6 Å². The first kappa shape index (κ1) is 20.1. The van der Waals surface area contributed by atoms with Gasteiger partial charge in [-0.3, -0.25) is 9.80 Å². The zero-order chi connectivity index (χ0) is 20.2. The Kier molecular flexibility index (Phi) is 6.31. The number of likely N-dealkylation sites (tertiary alicyclic amines) is 1. The summed E-state index contributed by atoms with van der Waals surface area (Å²) in [6.45, 7) is 6.53. The average molecular weight is 402 g/mol. The lowest BCUT2D eigenvalue weighted by molar-refractivity contribution is 0.0886. The number of benzene rings is 2. The predicted molar refractivity (Wildman–Crippen MR) is 111 cm³/mol. The van der Waals surface area contributed by atoms with Crippen molar-refractivity contribution in [2.45, 2.75) is 25.4 Å². The van der Waals surface area contributed by atoms with Crippen LogP contribution in [0.1, 0.15) is 18.4 Å². The summed E-state index contributed by atoms with van der Waals surface area (Å²) in [5.41, 5.74) is 1.87. The summed E-state index contributed by atoms with van der Waals surface area (Å²) < 4.78 is 32.5. The number of ether oxygens (including phenoxy) is 1. The van der Waals surface area contributed by atoms with Crippen LogP contribution in [0.3, 0.4) is 0 Å². The number of piperidine rings is 1. The van der Waals surface area contributed by atoms with Crippen LogP contribution in [0.4, 0.5) is 14.5 Å². The van der Waals surface area contributed by atoms with Crippen molar-refractivity contribution in [3.05, 3.63) is 59.7 Å². The van der Waals surface area contributed by atoms with Crippen molar-refractivity contribution in [3.63, 3.8) is 0 Å². The van der Waals surface area contributed by atoms with E-state index in [0.29, 0.717) is 18.2 Å². The van der Waals surface area contributed by atoms with E-state index < -0.39 is 11.6 Å². The van der Waals surface area contributed by atoms with Gasteiger partial charge < -0.3 is 9.64 Å². The molecule has 0 radical (unpaired) electrons. The highest BCUT2D eigenvalue weighted by Gasteiger charge is 2.28. The molecule has 4 rings (SSSR count). The molecule has 2 heterocycles. The quantitative estimate of drug-likeness (QED) is 0.759. The molecule has 0 N–H and O–H groups in total. The number of para-hydroxylation sites is 2. The highest BCUT2D eigenvalue weighted by atomic mass is 19.1. The summed E-state index contributed by atoms with van der Waals surface area (Å²) in [5.74, 6) is -0.0749.